The average Bonchev–Trinajstić information content (AvgIpc) is 3.69. The van der Waals surface area contributed by atoms with Crippen molar-refractivity contribution in [3.63, 3.8) is 0 Å². The predicted molar refractivity (Wildman–Crippen MR) is 146 cm³/mol. The first kappa shape index (κ1) is 30.0. The van der Waals surface area contributed by atoms with Gasteiger partial charge in [-0.15, -0.1) is 0 Å². The number of hydrogen-bond acceptors (Lipinski definition) is 15. The second-order valence-corrected chi connectivity index (χ2v) is 15.3. The molecular weight excluding hydrogens is 624 g/mol. The van der Waals surface area contributed by atoms with Crippen LogP contribution < -0.4 is 0 Å². The van der Waals surface area contributed by atoms with Crippen LogP contribution >= 0.6 is 0 Å². The molecule has 47 heavy (non-hydrogen) atoms. The third-order valence-electron chi connectivity index (χ3n) is 13.6. The molecule has 4 saturated heterocycles. The maximum atomic E-state index is 13.7. The van der Waals surface area contributed by atoms with Crippen molar-refractivity contribution in [1.29, 1.82) is 0 Å². The maximum Gasteiger partial charge on any atom is 0.306 e. The second-order valence-electron chi connectivity index (χ2n) is 15.3. The molecule has 1 aromatic rings. The minimum Gasteiger partial charge on any atom is -0.472 e. The SMILES string of the molecule is CC(=O)O[C@@H]1[C@H](OC(C)=O)[C@]2(C)[C@@H](CC(=O)O[C@H]2c2ccoc2)[C@@]23OC4(C)O[C@@]56C[C@](C)([C@H](O)[C@]5(O)[C@H]2O)[C@@H]2CC(=O)OC[C@@]26[C@@]13O4. The van der Waals surface area contributed by atoms with Crippen LogP contribution in [0.25, 0.3) is 0 Å². The van der Waals surface area contributed by atoms with E-state index in [0.717, 1.165) is 6.92 Å². The zero-order valence-electron chi connectivity index (χ0n) is 26.3. The summed E-state index contributed by atoms with van der Waals surface area (Å²) in [6.07, 6.45) is -5.95. The Kier molecular flexibility index (Phi) is 5.23. The molecule has 8 aliphatic rings. The predicted octanol–water partition coefficient (Wildman–Crippen LogP) is 0.174. The van der Waals surface area contributed by atoms with Gasteiger partial charge in [0.05, 0.1) is 35.9 Å². The van der Waals surface area contributed by atoms with Crippen LogP contribution in [0.5, 0.6) is 0 Å². The molecule has 254 valence electrons. The summed E-state index contributed by atoms with van der Waals surface area (Å²) in [6, 6.07) is 1.57. The Labute approximate surface area is 267 Å². The molecule has 0 amide bonds. The van der Waals surface area contributed by atoms with Crippen molar-refractivity contribution in [3.8, 4) is 0 Å². The lowest BCUT2D eigenvalue weighted by atomic mass is 9.32. The van der Waals surface area contributed by atoms with Gasteiger partial charge in [0.2, 0.25) is 0 Å². The molecule has 5 heterocycles. The van der Waals surface area contributed by atoms with Gasteiger partial charge >= 0.3 is 23.9 Å². The molecule has 0 radical (unpaired) electrons. The van der Waals surface area contributed by atoms with Crippen LogP contribution in [0.3, 0.4) is 0 Å². The van der Waals surface area contributed by atoms with Crippen LogP contribution in [-0.4, -0.2) is 98.6 Å². The van der Waals surface area contributed by atoms with E-state index in [1.165, 1.54) is 26.4 Å². The molecule has 4 aliphatic carbocycles. The van der Waals surface area contributed by atoms with E-state index < -0.39 is 124 Å². The number of fused-ring (bicyclic) bond motifs is 4. The summed E-state index contributed by atoms with van der Waals surface area (Å²) in [5.41, 5.74) is -12.8. The Bertz CT molecular complexity index is 1660. The van der Waals surface area contributed by atoms with E-state index >= 15 is 0 Å². The normalized spacial score (nSPS) is 57.4. The first-order valence-electron chi connectivity index (χ1n) is 15.9. The fourth-order valence-corrected chi connectivity index (χ4v) is 12.6. The summed E-state index contributed by atoms with van der Waals surface area (Å²) in [5, 5.41) is 38.1. The number of cyclic esters (lactones) is 2. The molecule has 8 fully saturated rings. The second kappa shape index (κ2) is 8.20. The van der Waals surface area contributed by atoms with Crippen molar-refractivity contribution in [2.24, 2.45) is 28.1 Å². The van der Waals surface area contributed by atoms with E-state index in [1.807, 2.05) is 0 Å². The van der Waals surface area contributed by atoms with E-state index in [4.69, 9.17) is 37.6 Å². The fraction of sp³-hybridized carbons (Fsp3) is 0.750. The standard InChI is InChI=1S/C32H36O15/c1-13(33)42-21-22(43-14(2)34)32-28-12-41-18(35)8-16(28)25(3)11-29(28)30(39,23(25)37)24(38)31(32,46-27(5,45-29)47-32)17-9-19(36)44-20(26(17,21)4)15-6-7-40-10-15/h6-7,10,16-17,20-24,37-39H,8-9,11-12H2,1-5H3/t16-,17+,20-,21-,22+,23-,24+,25-,26+,27?,28+,29+,30-,31+,32-/m0/s1. The van der Waals surface area contributed by atoms with Gasteiger partial charge in [0, 0.05) is 44.1 Å². The number of rotatable bonds is 3. The minimum absolute atomic E-state index is 0.0528. The molecule has 15 nitrogen and oxygen atoms in total. The van der Waals surface area contributed by atoms with Crippen molar-refractivity contribution in [2.45, 2.75) is 113 Å². The van der Waals surface area contributed by atoms with Gasteiger partial charge in [0.25, 0.3) is 5.97 Å². The van der Waals surface area contributed by atoms with Crippen LogP contribution in [-0.2, 0) is 52.3 Å². The van der Waals surface area contributed by atoms with Gasteiger partial charge in [-0.05, 0) is 18.4 Å². The zero-order valence-corrected chi connectivity index (χ0v) is 26.3. The molecule has 0 aromatic carbocycles. The molecule has 15 heteroatoms. The average molecular weight is 661 g/mol. The molecule has 1 aromatic heterocycles. The molecular formula is C32H36O15. The maximum absolute atomic E-state index is 13.7. The number of esters is 4. The molecule has 9 rings (SSSR count). The zero-order chi connectivity index (χ0) is 33.5. The summed E-state index contributed by atoms with van der Waals surface area (Å²) in [7, 11) is 0. The highest BCUT2D eigenvalue weighted by Gasteiger charge is 3.06. The fourth-order valence-electron chi connectivity index (χ4n) is 12.6. The number of aliphatic hydroxyl groups excluding tert-OH is 2. The third kappa shape index (κ3) is 2.67. The summed E-state index contributed by atoms with van der Waals surface area (Å²) in [5.74, 6) is -6.96. The molecule has 15 atom stereocenters. The van der Waals surface area contributed by atoms with Crippen molar-refractivity contribution in [2.75, 3.05) is 6.61 Å². The molecule has 3 N–H and O–H groups in total. The van der Waals surface area contributed by atoms with E-state index in [1.54, 1.807) is 19.9 Å². The van der Waals surface area contributed by atoms with Crippen molar-refractivity contribution in [1.82, 2.24) is 0 Å². The molecule has 4 bridgehead atoms. The Morgan fingerprint density at radius 1 is 0.915 bits per heavy atom. The summed E-state index contributed by atoms with van der Waals surface area (Å²) < 4.78 is 50.0. The Hall–Kier alpha value is -3.08. The highest BCUT2D eigenvalue weighted by atomic mass is 16.9. The van der Waals surface area contributed by atoms with Gasteiger partial charge in [-0.25, -0.2) is 0 Å². The molecule has 1 unspecified atom stereocenters. The van der Waals surface area contributed by atoms with Gasteiger partial charge < -0.3 is 52.9 Å². The van der Waals surface area contributed by atoms with Crippen LogP contribution in [0.15, 0.2) is 23.0 Å². The molecule has 4 saturated carbocycles. The lowest BCUT2D eigenvalue weighted by Gasteiger charge is -2.78. The monoisotopic (exact) mass is 660 g/mol. The van der Waals surface area contributed by atoms with E-state index in [-0.39, 0.29) is 12.8 Å². The van der Waals surface area contributed by atoms with Gasteiger partial charge in [-0.1, -0.05) is 13.8 Å². The van der Waals surface area contributed by atoms with E-state index in [2.05, 4.69) is 0 Å². The smallest absolute Gasteiger partial charge is 0.306 e. The van der Waals surface area contributed by atoms with Crippen LogP contribution in [0.2, 0.25) is 0 Å². The summed E-state index contributed by atoms with van der Waals surface area (Å²) >= 11 is 0. The number of furan rings is 1. The Morgan fingerprint density at radius 2 is 1.60 bits per heavy atom. The van der Waals surface area contributed by atoms with Crippen LogP contribution in [0, 0.1) is 28.1 Å². The Morgan fingerprint density at radius 3 is 2.26 bits per heavy atom. The van der Waals surface area contributed by atoms with Crippen molar-refractivity contribution >= 4 is 23.9 Å². The summed E-state index contributed by atoms with van der Waals surface area (Å²) in [6.45, 7) is 6.71. The van der Waals surface area contributed by atoms with E-state index in [9.17, 15) is 34.5 Å². The molecule has 4 aliphatic heterocycles. The topological polar surface area (TPSA) is 207 Å². The van der Waals surface area contributed by atoms with Crippen molar-refractivity contribution < 1.29 is 72.1 Å². The third-order valence-corrected chi connectivity index (χ3v) is 13.6. The van der Waals surface area contributed by atoms with Gasteiger partial charge in [0.15, 0.2) is 17.8 Å². The lowest BCUT2D eigenvalue weighted by molar-refractivity contribution is -0.499. The number of hydrogen-bond donors (Lipinski definition) is 3. The highest BCUT2D eigenvalue weighted by Crippen LogP contribution is 2.89. The first-order valence-corrected chi connectivity index (χ1v) is 15.9. The van der Waals surface area contributed by atoms with E-state index in [0.29, 0.717) is 5.56 Å². The minimum atomic E-state index is -2.46. The number of ether oxygens (including phenoxy) is 7. The molecule has 3 spiro atoms. The number of carbonyl (C=O) groups is 4. The highest BCUT2D eigenvalue weighted by molar-refractivity contribution is 5.75. The van der Waals surface area contributed by atoms with Crippen LogP contribution in [0.1, 0.15) is 65.5 Å². The van der Waals surface area contributed by atoms with Crippen molar-refractivity contribution in [3.05, 3.63) is 24.2 Å². The van der Waals surface area contributed by atoms with Gasteiger partial charge in [0.1, 0.15) is 35.6 Å². The lowest BCUT2D eigenvalue weighted by Crippen LogP contribution is -2.98. The number of aliphatic hydroxyl groups is 3. The Balaban J connectivity index is 1.44. The first-order chi connectivity index (χ1) is 22.0. The largest absolute Gasteiger partial charge is 0.472 e. The quantitative estimate of drug-likeness (QED) is 0.292. The number of carbonyl (C=O) groups excluding carboxylic acids is 4. The van der Waals surface area contributed by atoms with Gasteiger partial charge in [-0.3, -0.25) is 19.2 Å². The summed E-state index contributed by atoms with van der Waals surface area (Å²) in [4.78, 5) is 53.0. The van der Waals surface area contributed by atoms with Crippen LogP contribution in [0.4, 0.5) is 0 Å². The van der Waals surface area contributed by atoms with Gasteiger partial charge in [-0.2, -0.15) is 0 Å².